The Bertz CT molecular complexity index is 625. The number of nitrogens with zero attached hydrogens (tertiary/aromatic N) is 4. The third kappa shape index (κ3) is 3.75. The molecule has 1 aliphatic rings. The molecule has 1 aliphatic heterocycles. The second kappa shape index (κ2) is 7.07. The summed E-state index contributed by atoms with van der Waals surface area (Å²) in [7, 11) is 0. The topological polar surface area (TPSA) is 44.3 Å². The first kappa shape index (κ1) is 15.2. The second-order valence-electron chi connectivity index (χ2n) is 5.30. The Morgan fingerprint density at radius 2 is 2.00 bits per heavy atom. The van der Waals surface area contributed by atoms with Gasteiger partial charge in [0.15, 0.2) is 0 Å². The van der Waals surface area contributed by atoms with E-state index >= 15 is 0 Å². The smallest absolute Gasteiger partial charge is 0.227 e. The van der Waals surface area contributed by atoms with Gasteiger partial charge in [-0.3, -0.25) is 0 Å². The molecular formula is C16H20BrN5. The lowest BCUT2D eigenvalue weighted by Gasteiger charge is -2.34. The molecule has 0 atom stereocenters. The van der Waals surface area contributed by atoms with Gasteiger partial charge in [0.05, 0.1) is 0 Å². The van der Waals surface area contributed by atoms with Gasteiger partial charge >= 0.3 is 0 Å². The molecule has 116 valence electrons. The van der Waals surface area contributed by atoms with Crippen LogP contribution in [0.2, 0.25) is 0 Å². The van der Waals surface area contributed by atoms with Crippen LogP contribution in [0.5, 0.6) is 0 Å². The molecule has 1 aromatic carbocycles. The van der Waals surface area contributed by atoms with Crippen LogP contribution in [0.15, 0.2) is 41.0 Å². The van der Waals surface area contributed by atoms with Crippen LogP contribution in [0, 0.1) is 0 Å². The highest BCUT2D eigenvalue weighted by atomic mass is 79.9. The Hall–Kier alpha value is -1.66. The molecule has 0 spiro atoms. The third-order valence-electron chi connectivity index (χ3n) is 3.84. The minimum absolute atomic E-state index is 0.802. The van der Waals surface area contributed by atoms with Crippen molar-refractivity contribution in [2.24, 2.45) is 0 Å². The van der Waals surface area contributed by atoms with Crippen LogP contribution in [0.1, 0.15) is 6.92 Å². The average molecular weight is 362 g/mol. The largest absolute Gasteiger partial charge is 0.340 e. The fourth-order valence-corrected chi connectivity index (χ4v) is 2.95. The summed E-state index contributed by atoms with van der Waals surface area (Å²) in [5.74, 6) is 1.62. The maximum atomic E-state index is 4.64. The number of nitrogens with one attached hydrogen (secondary N) is 1. The Morgan fingerprint density at radius 3 is 2.73 bits per heavy atom. The van der Waals surface area contributed by atoms with Crippen LogP contribution in [0.3, 0.4) is 0 Å². The molecule has 6 heteroatoms. The molecule has 1 saturated heterocycles. The van der Waals surface area contributed by atoms with E-state index in [0.29, 0.717) is 0 Å². The highest BCUT2D eigenvalue weighted by Crippen LogP contribution is 2.20. The van der Waals surface area contributed by atoms with Crippen molar-refractivity contribution in [3.05, 3.63) is 41.0 Å². The lowest BCUT2D eigenvalue weighted by molar-refractivity contribution is 0.270. The van der Waals surface area contributed by atoms with Crippen LogP contribution in [-0.4, -0.2) is 47.6 Å². The normalized spacial score (nSPS) is 15.8. The third-order valence-corrected chi connectivity index (χ3v) is 4.34. The van der Waals surface area contributed by atoms with Crippen molar-refractivity contribution in [1.82, 2.24) is 14.9 Å². The van der Waals surface area contributed by atoms with E-state index in [1.807, 2.05) is 36.5 Å². The summed E-state index contributed by atoms with van der Waals surface area (Å²) in [6.45, 7) is 7.42. The summed E-state index contributed by atoms with van der Waals surface area (Å²) in [6.07, 6.45) is 1.81. The molecule has 3 rings (SSSR count). The van der Waals surface area contributed by atoms with Crippen molar-refractivity contribution in [3.63, 3.8) is 0 Å². The Labute approximate surface area is 139 Å². The zero-order valence-electron chi connectivity index (χ0n) is 12.7. The molecule has 0 amide bonds. The van der Waals surface area contributed by atoms with Crippen molar-refractivity contribution in [1.29, 1.82) is 0 Å². The Kier molecular flexibility index (Phi) is 4.90. The van der Waals surface area contributed by atoms with E-state index in [9.17, 15) is 0 Å². The van der Waals surface area contributed by atoms with Crippen LogP contribution in [0.25, 0.3) is 0 Å². The first-order chi connectivity index (χ1) is 10.7. The van der Waals surface area contributed by atoms with Gasteiger partial charge in [-0.2, -0.15) is 4.98 Å². The molecule has 2 aromatic rings. The molecule has 1 fully saturated rings. The van der Waals surface area contributed by atoms with Crippen molar-refractivity contribution < 1.29 is 0 Å². The van der Waals surface area contributed by atoms with Gasteiger partial charge in [-0.1, -0.05) is 28.9 Å². The fourth-order valence-electron chi connectivity index (χ4n) is 2.55. The van der Waals surface area contributed by atoms with E-state index < -0.39 is 0 Å². The average Bonchev–Trinajstić information content (AvgIpc) is 2.55. The van der Waals surface area contributed by atoms with Crippen LogP contribution < -0.4 is 10.2 Å². The predicted octanol–water partition coefficient (Wildman–Crippen LogP) is 3.12. The standard InChI is InChI=1S/C16H20BrN5/c1-2-21-8-10-22(11-9-21)16-18-7-6-15(20-16)19-14-5-3-4-13(17)12-14/h3-7,12H,2,8-11H2,1H3,(H,18,19,20). The molecule has 22 heavy (non-hydrogen) atoms. The second-order valence-corrected chi connectivity index (χ2v) is 6.21. The summed E-state index contributed by atoms with van der Waals surface area (Å²) in [5, 5.41) is 3.33. The van der Waals surface area contributed by atoms with Crippen LogP contribution in [0.4, 0.5) is 17.5 Å². The van der Waals surface area contributed by atoms with E-state index in [0.717, 1.165) is 54.7 Å². The highest BCUT2D eigenvalue weighted by molar-refractivity contribution is 9.10. The molecule has 0 aliphatic carbocycles. The number of hydrogen-bond acceptors (Lipinski definition) is 5. The lowest BCUT2D eigenvalue weighted by Crippen LogP contribution is -2.46. The van der Waals surface area contributed by atoms with Crippen molar-refractivity contribution >= 4 is 33.4 Å². The summed E-state index contributed by atoms with van der Waals surface area (Å²) in [4.78, 5) is 13.8. The number of rotatable bonds is 4. The first-order valence-corrected chi connectivity index (χ1v) is 8.37. The van der Waals surface area contributed by atoms with E-state index in [-0.39, 0.29) is 0 Å². The monoisotopic (exact) mass is 361 g/mol. The lowest BCUT2D eigenvalue weighted by atomic mass is 10.3. The minimum Gasteiger partial charge on any atom is -0.340 e. The molecule has 5 nitrogen and oxygen atoms in total. The molecule has 0 bridgehead atoms. The molecule has 0 saturated carbocycles. The van der Waals surface area contributed by atoms with Crippen molar-refractivity contribution in [3.8, 4) is 0 Å². The predicted molar refractivity (Wildman–Crippen MR) is 93.8 cm³/mol. The van der Waals surface area contributed by atoms with Gasteiger partial charge in [-0.05, 0) is 30.8 Å². The Balaban J connectivity index is 1.70. The van der Waals surface area contributed by atoms with Gasteiger partial charge in [-0.15, -0.1) is 0 Å². The molecule has 2 heterocycles. The number of aromatic nitrogens is 2. The fraction of sp³-hybridized carbons (Fsp3) is 0.375. The van der Waals surface area contributed by atoms with Gasteiger partial charge in [0.2, 0.25) is 5.95 Å². The SMILES string of the molecule is CCN1CCN(c2nccc(Nc3cccc(Br)c3)n2)CC1. The minimum atomic E-state index is 0.802. The van der Waals surface area contributed by atoms with Gasteiger partial charge in [-0.25, -0.2) is 4.98 Å². The van der Waals surface area contributed by atoms with Crippen molar-refractivity contribution in [2.75, 3.05) is 42.9 Å². The zero-order chi connectivity index (χ0) is 15.4. The Morgan fingerprint density at radius 1 is 1.18 bits per heavy atom. The number of anilines is 3. The van der Waals surface area contributed by atoms with Gasteiger partial charge in [0.25, 0.3) is 0 Å². The summed E-state index contributed by atoms with van der Waals surface area (Å²) in [5.41, 5.74) is 1.01. The van der Waals surface area contributed by atoms with Crippen LogP contribution in [-0.2, 0) is 0 Å². The van der Waals surface area contributed by atoms with E-state index in [2.05, 4.69) is 47.9 Å². The summed E-state index contributed by atoms with van der Waals surface area (Å²) < 4.78 is 1.04. The molecule has 1 aromatic heterocycles. The zero-order valence-corrected chi connectivity index (χ0v) is 14.3. The number of hydrogen-bond donors (Lipinski definition) is 1. The van der Waals surface area contributed by atoms with Crippen LogP contribution >= 0.6 is 15.9 Å². The van der Waals surface area contributed by atoms with E-state index in [1.165, 1.54) is 0 Å². The number of halogens is 1. The van der Waals surface area contributed by atoms with E-state index in [1.54, 1.807) is 0 Å². The molecule has 0 unspecified atom stereocenters. The van der Waals surface area contributed by atoms with E-state index in [4.69, 9.17) is 0 Å². The highest BCUT2D eigenvalue weighted by Gasteiger charge is 2.17. The summed E-state index contributed by atoms with van der Waals surface area (Å²) >= 11 is 3.48. The number of benzene rings is 1. The van der Waals surface area contributed by atoms with Crippen molar-refractivity contribution in [2.45, 2.75) is 6.92 Å². The quantitative estimate of drug-likeness (QED) is 0.906. The number of piperazine rings is 1. The summed E-state index contributed by atoms with van der Waals surface area (Å²) in [6, 6.07) is 9.95. The molecule has 0 radical (unpaired) electrons. The molecular weight excluding hydrogens is 342 g/mol. The first-order valence-electron chi connectivity index (χ1n) is 7.57. The number of likely N-dealkylation sites (N-methyl/N-ethyl adjacent to an activating group) is 1. The maximum absolute atomic E-state index is 4.64. The maximum Gasteiger partial charge on any atom is 0.227 e. The van der Waals surface area contributed by atoms with Gasteiger partial charge in [0.1, 0.15) is 5.82 Å². The van der Waals surface area contributed by atoms with Gasteiger partial charge in [0, 0.05) is 42.5 Å². The molecule has 1 N–H and O–H groups in total. The van der Waals surface area contributed by atoms with Gasteiger partial charge < -0.3 is 15.1 Å².